The molecular weight excluding hydrogens is 303 g/mol. The standard InChI is InChI=1S/C5H6O5.C3H9O6P/c6-3(5(9)10)1-2-4(7)8;1-3(2-4)8-9-10(5,6)7/h1-2H2,(H,7,8)(H,9,10);3-4H,2H2,1H3,(H2,5,6,7). The Kier molecular flexibility index (Phi) is 10.9. The van der Waals surface area contributed by atoms with Gasteiger partial charge in [-0.15, -0.1) is 4.67 Å². The molecule has 0 radical (unpaired) electrons. The van der Waals surface area contributed by atoms with Gasteiger partial charge in [-0.3, -0.25) is 9.59 Å². The molecule has 0 aliphatic carbocycles. The van der Waals surface area contributed by atoms with Crippen molar-refractivity contribution < 1.29 is 53.6 Å². The predicted octanol–water partition coefficient (Wildman–Crippen LogP) is -1.09. The number of phosphoric acid groups is 1. The smallest absolute Gasteiger partial charge is 0.481 e. The third kappa shape index (κ3) is 16.6. The van der Waals surface area contributed by atoms with Crippen molar-refractivity contribution in [3.8, 4) is 0 Å². The van der Waals surface area contributed by atoms with Crippen LogP contribution in [0.3, 0.4) is 0 Å². The summed E-state index contributed by atoms with van der Waals surface area (Å²) in [7, 11) is -4.57. The highest BCUT2D eigenvalue weighted by Crippen LogP contribution is 2.36. The van der Waals surface area contributed by atoms with Gasteiger partial charge in [-0.2, -0.15) is 0 Å². The Morgan fingerprint density at radius 3 is 1.95 bits per heavy atom. The minimum absolute atomic E-state index is 0.361. The van der Waals surface area contributed by atoms with Gasteiger partial charge in [0.2, 0.25) is 5.78 Å². The molecule has 11 nitrogen and oxygen atoms in total. The molecule has 12 heteroatoms. The average Bonchev–Trinajstić information content (AvgIpc) is 2.32. The zero-order valence-electron chi connectivity index (χ0n) is 10.3. The third-order valence-corrected chi connectivity index (χ3v) is 1.65. The zero-order chi connectivity index (χ0) is 16.3. The van der Waals surface area contributed by atoms with Crippen molar-refractivity contribution in [2.45, 2.75) is 25.9 Å². The second-order valence-electron chi connectivity index (χ2n) is 3.28. The molecule has 0 saturated heterocycles. The SMILES string of the molecule is CC(CO)OOP(=O)(O)O.O=C(O)CCC(=O)C(=O)O. The quantitative estimate of drug-likeness (QED) is 0.158. The number of hydrogen-bond donors (Lipinski definition) is 5. The maximum Gasteiger partial charge on any atom is 0.496 e. The van der Waals surface area contributed by atoms with Crippen molar-refractivity contribution in [2.24, 2.45) is 0 Å². The molecule has 0 rings (SSSR count). The summed E-state index contributed by atoms with van der Waals surface area (Å²) in [6.07, 6.45) is -1.61. The van der Waals surface area contributed by atoms with Crippen molar-refractivity contribution in [1.82, 2.24) is 0 Å². The Morgan fingerprint density at radius 1 is 1.15 bits per heavy atom. The van der Waals surface area contributed by atoms with Gasteiger partial charge < -0.3 is 25.1 Å². The third-order valence-electron chi connectivity index (χ3n) is 1.37. The van der Waals surface area contributed by atoms with E-state index in [1.165, 1.54) is 6.92 Å². The summed E-state index contributed by atoms with van der Waals surface area (Å²) in [5, 5.41) is 24.2. The van der Waals surface area contributed by atoms with E-state index >= 15 is 0 Å². The molecule has 0 saturated carbocycles. The molecule has 1 unspecified atom stereocenters. The van der Waals surface area contributed by atoms with Gasteiger partial charge in [0.05, 0.1) is 13.0 Å². The monoisotopic (exact) mass is 318 g/mol. The van der Waals surface area contributed by atoms with Crippen LogP contribution in [0.2, 0.25) is 0 Å². The summed E-state index contributed by atoms with van der Waals surface area (Å²) in [6, 6.07) is 0. The molecule has 0 spiro atoms. The van der Waals surface area contributed by atoms with E-state index in [1.54, 1.807) is 0 Å². The largest absolute Gasteiger partial charge is 0.496 e. The molecule has 0 fully saturated rings. The van der Waals surface area contributed by atoms with Crippen LogP contribution < -0.4 is 0 Å². The van der Waals surface area contributed by atoms with Gasteiger partial charge in [-0.25, -0.2) is 14.2 Å². The lowest BCUT2D eigenvalue weighted by Gasteiger charge is -2.08. The Balaban J connectivity index is 0. The van der Waals surface area contributed by atoms with E-state index in [0.717, 1.165) is 0 Å². The van der Waals surface area contributed by atoms with Crippen LogP contribution >= 0.6 is 7.82 Å². The van der Waals surface area contributed by atoms with Gasteiger partial charge in [0, 0.05) is 6.42 Å². The van der Waals surface area contributed by atoms with E-state index in [-0.39, 0.29) is 6.61 Å². The van der Waals surface area contributed by atoms with Gasteiger partial charge in [-0.05, 0) is 6.92 Å². The Bertz CT molecular complexity index is 373. The van der Waals surface area contributed by atoms with Gasteiger partial charge in [0.1, 0.15) is 6.10 Å². The molecule has 1 atom stereocenters. The van der Waals surface area contributed by atoms with E-state index < -0.39 is 44.5 Å². The number of aliphatic carboxylic acids is 2. The number of carboxylic acid groups (broad SMARTS) is 2. The molecule has 0 aromatic heterocycles. The summed E-state index contributed by atoms with van der Waals surface area (Å²) < 4.78 is 13.5. The first kappa shape index (κ1) is 20.9. The average molecular weight is 318 g/mol. The van der Waals surface area contributed by atoms with Crippen LogP contribution in [0.1, 0.15) is 19.8 Å². The molecule has 5 N–H and O–H groups in total. The van der Waals surface area contributed by atoms with Crippen molar-refractivity contribution in [3.05, 3.63) is 0 Å². The van der Waals surface area contributed by atoms with Gasteiger partial charge >= 0.3 is 19.8 Å². The predicted molar refractivity (Wildman–Crippen MR) is 60.3 cm³/mol. The summed E-state index contributed by atoms with van der Waals surface area (Å²) in [5.41, 5.74) is 0. The lowest BCUT2D eigenvalue weighted by Crippen LogP contribution is -2.13. The highest BCUT2D eigenvalue weighted by molar-refractivity contribution is 7.46. The number of hydrogen-bond acceptors (Lipinski definition) is 7. The van der Waals surface area contributed by atoms with Crippen LogP contribution in [0, 0.1) is 0 Å². The summed E-state index contributed by atoms with van der Waals surface area (Å²) in [5.74, 6) is -3.82. The van der Waals surface area contributed by atoms with E-state index in [9.17, 15) is 18.9 Å². The van der Waals surface area contributed by atoms with Gasteiger partial charge in [-0.1, -0.05) is 0 Å². The maximum atomic E-state index is 10.2. The molecule has 0 aliphatic heterocycles. The number of carboxylic acids is 2. The number of aliphatic hydroxyl groups is 1. The minimum Gasteiger partial charge on any atom is -0.481 e. The fraction of sp³-hybridized carbons (Fsp3) is 0.625. The number of carbonyl (C=O) groups excluding carboxylic acids is 1. The van der Waals surface area contributed by atoms with Crippen LogP contribution in [0.4, 0.5) is 0 Å². The first-order valence-electron chi connectivity index (χ1n) is 4.99. The van der Waals surface area contributed by atoms with Crippen LogP contribution in [-0.4, -0.2) is 55.5 Å². The van der Waals surface area contributed by atoms with Crippen LogP contribution in [0.25, 0.3) is 0 Å². The zero-order valence-corrected chi connectivity index (χ0v) is 11.2. The highest BCUT2D eigenvalue weighted by Gasteiger charge is 2.17. The number of aliphatic hydroxyl groups excluding tert-OH is 1. The summed E-state index contributed by atoms with van der Waals surface area (Å²) in [6.45, 7) is 1.04. The molecule has 20 heavy (non-hydrogen) atoms. The number of rotatable bonds is 8. The van der Waals surface area contributed by atoms with Crippen molar-refractivity contribution >= 4 is 25.5 Å². The fourth-order valence-electron chi connectivity index (χ4n) is 0.487. The normalized spacial score (nSPS) is 12.0. The van der Waals surface area contributed by atoms with E-state index in [0.29, 0.717) is 0 Å². The van der Waals surface area contributed by atoms with Crippen LogP contribution in [0.5, 0.6) is 0 Å². The molecule has 0 bridgehead atoms. The second-order valence-corrected chi connectivity index (χ2v) is 4.41. The van der Waals surface area contributed by atoms with Crippen LogP contribution in [0.15, 0.2) is 0 Å². The van der Waals surface area contributed by atoms with Crippen molar-refractivity contribution in [1.29, 1.82) is 0 Å². The Hall–Kier alpha value is -1.36. The van der Waals surface area contributed by atoms with Crippen molar-refractivity contribution in [2.75, 3.05) is 6.61 Å². The molecule has 0 heterocycles. The molecule has 0 amide bonds. The lowest BCUT2D eigenvalue weighted by molar-refractivity contribution is -0.259. The first-order valence-corrected chi connectivity index (χ1v) is 6.52. The molecule has 118 valence electrons. The topological polar surface area (TPSA) is 188 Å². The Morgan fingerprint density at radius 2 is 1.65 bits per heavy atom. The van der Waals surface area contributed by atoms with Gasteiger partial charge in [0.15, 0.2) is 0 Å². The maximum absolute atomic E-state index is 10.2. The fourth-order valence-corrected chi connectivity index (χ4v) is 0.746. The van der Waals surface area contributed by atoms with E-state index in [4.69, 9.17) is 25.1 Å². The summed E-state index contributed by atoms with van der Waals surface area (Å²) in [4.78, 5) is 49.9. The first-order chi connectivity index (χ1) is 8.99. The number of ketones is 1. The number of carbonyl (C=O) groups is 3. The number of Topliss-reactive ketones (excluding diaryl/α,β-unsaturated/α-hetero) is 1. The molecular formula is C8H15O11P. The van der Waals surface area contributed by atoms with E-state index in [2.05, 4.69) is 9.56 Å². The van der Waals surface area contributed by atoms with Crippen LogP contribution in [-0.2, 0) is 28.5 Å². The lowest BCUT2D eigenvalue weighted by atomic mass is 10.2. The molecule has 0 aliphatic rings. The minimum atomic E-state index is -4.57. The van der Waals surface area contributed by atoms with Gasteiger partial charge in [0.25, 0.3) is 0 Å². The van der Waals surface area contributed by atoms with Crippen molar-refractivity contribution in [3.63, 3.8) is 0 Å². The second kappa shape index (κ2) is 10.4. The Labute approximate surface area is 112 Å². The molecule has 0 aromatic carbocycles. The molecule has 0 aromatic rings. The highest BCUT2D eigenvalue weighted by atomic mass is 31.2. The summed E-state index contributed by atoms with van der Waals surface area (Å²) >= 11 is 0. The van der Waals surface area contributed by atoms with E-state index in [1.807, 2.05) is 0 Å².